The Kier molecular flexibility index (Phi) is 4.33. The lowest BCUT2D eigenvalue weighted by atomic mass is 10.2. The van der Waals surface area contributed by atoms with Crippen molar-refractivity contribution in [1.29, 1.82) is 0 Å². The van der Waals surface area contributed by atoms with Gasteiger partial charge in [-0.3, -0.25) is 0 Å². The van der Waals surface area contributed by atoms with Crippen molar-refractivity contribution < 1.29 is 9.53 Å². The van der Waals surface area contributed by atoms with E-state index in [-0.39, 0.29) is 5.97 Å². The number of hydrogen-bond donors (Lipinski definition) is 1. The van der Waals surface area contributed by atoms with Crippen LogP contribution >= 0.6 is 11.3 Å². The molecule has 0 aliphatic carbocycles. The molecule has 0 amide bonds. The van der Waals surface area contributed by atoms with Gasteiger partial charge in [0.05, 0.1) is 23.1 Å². The van der Waals surface area contributed by atoms with E-state index in [1.54, 1.807) is 29.5 Å². The predicted molar refractivity (Wildman–Crippen MR) is 104 cm³/mol. The second kappa shape index (κ2) is 6.93. The Balaban J connectivity index is 1.79. The summed E-state index contributed by atoms with van der Waals surface area (Å²) < 4.78 is 4.79. The molecule has 0 bridgehead atoms. The molecule has 2 heterocycles. The van der Waals surface area contributed by atoms with Crippen molar-refractivity contribution in [2.75, 3.05) is 12.4 Å². The summed E-state index contributed by atoms with van der Waals surface area (Å²) in [5, 5.41) is 6.23. The van der Waals surface area contributed by atoms with Gasteiger partial charge in [-0.2, -0.15) is 0 Å². The molecule has 0 spiro atoms. The highest BCUT2D eigenvalue weighted by Crippen LogP contribution is 2.29. The number of fused-ring (bicyclic) bond motifs is 1. The molecule has 1 N–H and O–H groups in total. The Morgan fingerprint density at radius 2 is 1.92 bits per heavy atom. The Hall–Kier alpha value is -3.25. The number of anilines is 2. The largest absolute Gasteiger partial charge is 0.465 e. The van der Waals surface area contributed by atoms with Crippen molar-refractivity contribution in [2.45, 2.75) is 0 Å². The number of benzene rings is 2. The summed E-state index contributed by atoms with van der Waals surface area (Å²) in [5.41, 5.74) is 2.10. The van der Waals surface area contributed by atoms with Crippen LogP contribution in [0.25, 0.3) is 21.6 Å². The van der Waals surface area contributed by atoms with E-state index < -0.39 is 0 Å². The summed E-state index contributed by atoms with van der Waals surface area (Å²) in [4.78, 5) is 22.1. The average molecular weight is 361 g/mol. The number of carbonyl (C=O) groups excluding carboxylic acids is 1. The molecule has 0 radical (unpaired) electrons. The Bertz CT molecular complexity index is 1080. The van der Waals surface area contributed by atoms with Crippen molar-refractivity contribution >= 4 is 39.7 Å². The molecule has 0 saturated heterocycles. The van der Waals surface area contributed by atoms with E-state index in [0.29, 0.717) is 17.2 Å². The molecule has 6 heteroatoms. The third-order valence-electron chi connectivity index (χ3n) is 3.89. The number of nitrogens with zero attached hydrogens (tertiary/aromatic N) is 2. The van der Waals surface area contributed by atoms with Gasteiger partial charge in [0.1, 0.15) is 5.82 Å². The Morgan fingerprint density at radius 3 is 2.73 bits per heavy atom. The summed E-state index contributed by atoms with van der Waals surface area (Å²) in [6.45, 7) is 0. The number of methoxy groups -OCH3 is 1. The monoisotopic (exact) mass is 361 g/mol. The molecule has 0 aliphatic rings. The zero-order chi connectivity index (χ0) is 17.9. The van der Waals surface area contributed by atoms with Crippen LogP contribution < -0.4 is 5.32 Å². The van der Waals surface area contributed by atoms with Gasteiger partial charge >= 0.3 is 5.97 Å². The fraction of sp³-hybridized carbons (Fsp3) is 0.0500. The minimum atomic E-state index is -0.375. The molecule has 0 fully saturated rings. The number of aromatic nitrogens is 2. The van der Waals surface area contributed by atoms with Crippen LogP contribution in [-0.4, -0.2) is 23.0 Å². The van der Waals surface area contributed by atoms with E-state index in [0.717, 1.165) is 21.5 Å². The van der Waals surface area contributed by atoms with Crippen LogP contribution in [0.2, 0.25) is 0 Å². The number of esters is 1. The second-order valence-electron chi connectivity index (χ2n) is 5.59. The van der Waals surface area contributed by atoms with Gasteiger partial charge in [0.15, 0.2) is 5.82 Å². The van der Waals surface area contributed by atoms with Crippen LogP contribution in [0.4, 0.5) is 11.5 Å². The molecule has 4 aromatic rings. The SMILES string of the molecule is COC(=O)c1cccc(Nc2nc(-c3cccs3)nc3ccccc23)c1. The summed E-state index contributed by atoms with van der Waals surface area (Å²) >= 11 is 1.59. The summed E-state index contributed by atoms with van der Waals surface area (Å²) in [6, 6.07) is 19.0. The van der Waals surface area contributed by atoms with E-state index in [2.05, 4.69) is 10.3 Å². The molecule has 0 atom stereocenters. The molecule has 4 rings (SSSR count). The zero-order valence-corrected chi connectivity index (χ0v) is 14.8. The van der Waals surface area contributed by atoms with Gasteiger partial charge < -0.3 is 10.1 Å². The lowest BCUT2D eigenvalue weighted by Crippen LogP contribution is -2.03. The van der Waals surface area contributed by atoms with E-state index >= 15 is 0 Å². The molecular formula is C20H15N3O2S. The van der Waals surface area contributed by atoms with Crippen LogP contribution in [0.3, 0.4) is 0 Å². The lowest BCUT2D eigenvalue weighted by molar-refractivity contribution is 0.0601. The number of hydrogen-bond acceptors (Lipinski definition) is 6. The standard InChI is InChI=1S/C20H15N3O2S/c1-25-20(24)13-6-4-7-14(12-13)21-18-15-8-2-3-9-16(15)22-19(23-18)17-10-5-11-26-17/h2-12H,1H3,(H,21,22,23). The maximum absolute atomic E-state index is 11.8. The van der Waals surface area contributed by atoms with Crippen LogP contribution in [-0.2, 0) is 4.74 Å². The predicted octanol–water partition coefficient (Wildman–Crippen LogP) is 4.89. The quantitative estimate of drug-likeness (QED) is 0.524. The zero-order valence-electron chi connectivity index (χ0n) is 14.0. The van der Waals surface area contributed by atoms with E-state index in [1.807, 2.05) is 47.8 Å². The van der Waals surface area contributed by atoms with E-state index in [4.69, 9.17) is 9.72 Å². The Labute approximate surface area is 154 Å². The molecule has 0 unspecified atom stereocenters. The average Bonchev–Trinajstić information content (AvgIpc) is 3.22. The minimum Gasteiger partial charge on any atom is -0.465 e. The summed E-state index contributed by atoms with van der Waals surface area (Å²) in [5.74, 6) is 0.992. The maximum atomic E-state index is 11.8. The van der Waals surface area contributed by atoms with Crippen LogP contribution in [0.1, 0.15) is 10.4 Å². The first-order valence-corrected chi connectivity index (χ1v) is 8.88. The molecule has 128 valence electrons. The van der Waals surface area contributed by atoms with Crippen LogP contribution in [0.5, 0.6) is 0 Å². The second-order valence-corrected chi connectivity index (χ2v) is 6.54. The highest BCUT2D eigenvalue weighted by molar-refractivity contribution is 7.13. The molecule has 0 saturated carbocycles. The van der Waals surface area contributed by atoms with E-state index in [9.17, 15) is 4.79 Å². The van der Waals surface area contributed by atoms with Gasteiger partial charge in [0.25, 0.3) is 0 Å². The van der Waals surface area contributed by atoms with Crippen molar-refractivity contribution in [1.82, 2.24) is 9.97 Å². The molecule has 26 heavy (non-hydrogen) atoms. The van der Waals surface area contributed by atoms with Gasteiger partial charge in [-0.25, -0.2) is 14.8 Å². The number of para-hydroxylation sites is 1. The summed E-state index contributed by atoms with van der Waals surface area (Å²) in [7, 11) is 1.37. The van der Waals surface area contributed by atoms with Crippen LogP contribution in [0, 0.1) is 0 Å². The molecule has 5 nitrogen and oxygen atoms in total. The van der Waals surface area contributed by atoms with Crippen LogP contribution in [0.15, 0.2) is 66.0 Å². The lowest BCUT2D eigenvalue weighted by Gasteiger charge is -2.11. The topological polar surface area (TPSA) is 64.1 Å². The van der Waals surface area contributed by atoms with Crippen molar-refractivity contribution in [3.05, 3.63) is 71.6 Å². The van der Waals surface area contributed by atoms with Gasteiger partial charge in [-0.1, -0.05) is 24.3 Å². The number of nitrogens with one attached hydrogen (secondary N) is 1. The van der Waals surface area contributed by atoms with Crippen molar-refractivity contribution in [2.24, 2.45) is 0 Å². The minimum absolute atomic E-state index is 0.375. The molecular weight excluding hydrogens is 346 g/mol. The molecule has 2 aromatic heterocycles. The first kappa shape index (κ1) is 16.2. The van der Waals surface area contributed by atoms with Gasteiger partial charge in [0.2, 0.25) is 0 Å². The third kappa shape index (κ3) is 3.14. The highest BCUT2D eigenvalue weighted by atomic mass is 32.1. The number of carbonyl (C=O) groups is 1. The number of ether oxygens (including phenoxy) is 1. The van der Waals surface area contributed by atoms with Gasteiger partial charge in [-0.05, 0) is 41.8 Å². The fourth-order valence-electron chi connectivity index (χ4n) is 2.67. The third-order valence-corrected chi connectivity index (χ3v) is 4.76. The Morgan fingerprint density at radius 1 is 1.04 bits per heavy atom. The normalized spacial score (nSPS) is 10.7. The first-order valence-electron chi connectivity index (χ1n) is 8.00. The smallest absolute Gasteiger partial charge is 0.337 e. The fourth-order valence-corrected chi connectivity index (χ4v) is 3.32. The van der Waals surface area contributed by atoms with Gasteiger partial charge in [0, 0.05) is 11.1 Å². The highest BCUT2D eigenvalue weighted by Gasteiger charge is 2.11. The first-order chi connectivity index (χ1) is 12.7. The van der Waals surface area contributed by atoms with Crippen molar-refractivity contribution in [3.8, 4) is 10.7 Å². The number of thiophene rings is 1. The van der Waals surface area contributed by atoms with Crippen molar-refractivity contribution in [3.63, 3.8) is 0 Å². The number of rotatable bonds is 4. The summed E-state index contributed by atoms with van der Waals surface area (Å²) in [6.07, 6.45) is 0. The van der Waals surface area contributed by atoms with E-state index in [1.165, 1.54) is 7.11 Å². The maximum Gasteiger partial charge on any atom is 0.337 e. The van der Waals surface area contributed by atoms with Gasteiger partial charge in [-0.15, -0.1) is 11.3 Å². The molecule has 2 aromatic carbocycles. The molecule has 0 aliphatic heterocycles.